The molecule has 3 rings (SSSR count). The number of benzene rings is 2. The van der Waals surface area contributed by atoms with Gasteiger partial charge in [-0.25, -0.2) is 9.18 Å². The maximum absolute atomic E-state index is 14.0. The minimum Gasteiger partial charge on any atom is -0.494 e. The van der Waals surface area contributed by atoms with Crippen molar-refractivity contribution in [3.8, 4) is 5.75 Å². The summed E-state index contributed by atoms with van der Waals surface area (Å²) in [6.07, 6.45) is 1.65. The molecule has 1 N–H and O–H groups in total. The number of rotatable bonds is 4. The number of urea groups is 1. The van der Waals surface area contributed by atoms with Crippen LogP contribution in [0, 0.1) is 5.82 Å². The number of anilines is 1. The Morgan fingerprint density at radius 1 is 1.25 bits per heavy atom. The van der Waals surface area contributed by atoms with Crippen molar-refractivity contribution < 1.29 is 13.9 Å². The summed E-state index contributed by atoms with van der Waals surface area (Å²) in [5, 5.41) is 2.88. The van der Waals surface area contributed by atoms with Crippen LogP contribution in [0.5, 0.6) is 5.75 Å². The molecule has 0 aliphatic carbocycles. The van der Waals surface area contributed by atoms with E-state index < -0.39 is 0 Å². The van der Waals surface area contributed by atoms with Gasteiger partial charge in [0.15, 0.2) is 0 Å². The van der Waals surface area contributed by atoms with Gasteiger partial charge < -0.3 is 15.0 Å². The summed E-state index contributed by atoms with van der Waals surface area (Å²) < 4.78 is 19.4. The highest BCUT2D eigenvalue weighted by Gasteiger charge is 2.31. The Labute approximate surface area is 141 Å². The Morgan fingerprint density at radius 3 is 2.71 bits per heavy atom. The van der Waals surface area contributed by atoms with Crippen LogP contribution < -0.4 is 10.1 Å². The zero-order chi connectivity index (χ0) is 16.9. The second-order valence-corrected chi connectivity index (χ2v) is 5.76. The van der Waals surface area contributed by atoms with Crippen LogP contribution in [0.25, 0.3) is 0 Å². The van der Waals surface area contributed by atoms with Crippen LogP contribution in [0.3, 0.4) is 0 Å². The normalized spacial score (nSPS) is 16.9. The predicted molar refractivity (Wildman–Crippen MR) is 91.7 cm³/mol. The molecule has 2 aromatic rings. The second kappa shape index (κ2) is 7.34. The van der Waals surface area contributed by atoms with Crippen molar-refractivity contribution in [2.24, 2.45) is 0 Å². The summed E-state index contributed by atoms with van der Waals surface area (Å²) in [6, 6.07) is 13.5. The number of carbonyl (C=O) groups excluding carboxylic acids is 1. The SMILES string of the molecule is CCOc1ccc(NC(=O)N2CCCC2c2ccccc2F)cc1. The molecule has 2 aromatic carbocycles. The molecule has 1 fully saturated rings. The standard InChI is InChI=1S/C19H21FN2O2/c1-2-24-15-11-9-14(10-12-15)21-19(23)22-13-5-8-18(22)16-6-3-4-7-17(16)20/h3-4,6-7,9-12,18H,2,5,8,13H2,1H3,(H,21,23). The highest BCUT2D eigenvalue weighted by molar-refractivity contribution is 5.89. The average molecular weight is 328 g/mol. The number of nitrogens with one attached hydrogen (secondary N) is 1. The summed E-state index contributed by atoms with van der Waals surface area (Å²) >= 11 is 0. The maximum atomic E-state index is 14.0. The first kappa shape index (κ1) is 16.3. The van der Waals surface area contributed by atoms with Crippen molar-refractivity contribution >= 4 is 11.7 Å². The van der Waals surface area contributed by atoms with E-state index in [1.54, 1.807) is 35.2 Å². The van der Waals surface area contributed by atoms with E-state index in [1.807, 2.05) is 19.1 Å². The Hall–Kier alpha value is -2.56. The summed E-state index contributed by atoms with van der Waals surface area (Å²) in [4.78, 5) is 14.3. The molecule has 4 nitrogen and oxygen atoms in total. The first-order chi connectivity index (χ1) is 11.7. The highest BCUT2D eigenvalue weighted by Crippen LogP contribution is 2.33. The fourth-order valence-corrected chi connectivity index (χ4v) is 3.07. The number of nitrogens with zero attached hydrogens (tertiary/aromatic N) is 1. The van der Waals surface area contributed by atoms with Crippen LogP contribution in [0.2, 0.25) is 0 Å². The first-order valence-corrected chi connectivity index (χ1v) is 8.24. The Balaban J connectivity index is 1.71. The van der Waals surface area contributed by atoms with E-state index in [9.17, 15) is 9.18 Å². The fraction of sp³-hybridized carbons (Fsp3) is 0.316. The highest BCUT2D eigenvalue weighted by atomic mass is 19.1. The minimum atomic E-state index is -0.261. The van der Waals surface area contributed by atoms with Crippen LogP contribution in [0.15, 0.2) is 48.5 Å². The van der Waals surface area contributed by atoms with Gasteiger partial charge in [-0.3, -0.25) is 0 Å². The molecule has 1 saturated heterocycles. The molecule has 126 valence electrons. The van der Waals surface area contributed by atoms with E-state index in [0.29, 0.717) is 24.4 Å². The van der Waals surface area contributed by atoms with E-state index >= 15 is 0 Å². The Bertz CT molecular complexity index is 703. The average Bonchev–Trinajstić information content (AvgIpc) is 3.07. The summed E-state index contributed by atoms with van der Waals surface area (Å²) in [5.74, 6) is 0.504. The third kappa shape index (κ3) is 3.50. The van der Waals surface area contributed by atoms with Gasteiger partial charge in [0.1, 0.15) is 11.6 Å². The molecule has 1 heterocycles. The predicted octanol–water partition coefficient (Wildman–Crippen LogP) is 4.59. The molecule has 2 amide bonds. The van der Waals surface area contributed by atoms with E-state index in [-0.39, 0.29) is 17.9 Å². The van der Waals surface area contributed by atoms with E-state index in [0.717, 1.165) is 18.6 Å². The molecule has 5 heteroatoms. The maximum Gasteiger partial charge on any atom is 0.322 e. The van der Waals surface area contributed by atoms with Crippen molar-refractivity contribution in [2.45, 2.75) is 25.8 Å². The third-order valence-electron chi connectivity index (χ3n) is 4.19. The van der Waals surface area contributed by atoms with Crippen LogP contribution in [-0.2, 0) is 0 Å². The van der Waals surface area contributed by atoms with Crippen LogP contribution in [0.1, 0.15) is 31.4 Å². The first-order valence-electron chi connectivity index (χ1n) is 8.24. The number of halogens is 1. The Kier molecular flexibility index (Phi) is 4.99. The lowest BCUT2D eigenvalue weighted by Gasteiger charge is -2.25. The monoisotopic (exact) mass is 328 g/mol. The van der Waals surface area contributed by atoms with E-state index in [2.05, 4.69) is 5.32 Å². The molecule has 1 aliphatic rings. The van der Waals surface area contributed by atoms with Crippen molar-refractivity contribution in [1.29, 1.82) is 0 Å². The van der Waals surface area contributed by atoms with Crippen molar-refractivity contribution in [1.82, 2.24) is 4.90 Å². The number of likely N-dealkylation sites (tertiary alicyclic amines) is 1. The van der Waals surface area contributed by atoms with Gasteiger partial charge >= 0.3 is 6.03 Å². The van der Waals surface area contributed by atoms with Crippen LogP contribution >= 0.6 is 0 Å². The van der Waals surface area contributed by atoms with Gasteiger partial charge in [0.25, 0.3) is 0 Å². The van der Waals surface area contributed by atoms with Gasteiger partial charge in [0, 0.05) is 17.8 Å². The second-order valence-electron chi connectivity index (χ2n) is 5.76. The Morgan fingerprint density at radius 2 is 2.00 bits per heavy atom. The third-order valence-corrected chi connectivity index (χ3v) is 4.19. The molecule has 0 spiro atoms. The molecule has 24 heavy (non-hydrogen) atoms. The summed E-state index contributed by atoms with van der Waals surface area (Å²) in [5.41, 5.74) is 1.28. The molecule has 1 atom stereocenters. The lowest BCUT2D eigenvalue weighted by molar-refractivity contribution is 0.206. The van der Waals surface area contributed by atoms with Crippen LogP contribution in [-0.4, -0.2) is 24.1 Å². The largest absolute Gasteiger partial charge is 0.494 e. The number of hydrogen-bond donors (Lipinski definition) is 1. The van der Waals surface area contributed by atoms with Crippen LogP contribution in [0.4, 0.5) is 14.9 Å². The van der Waals surface area contributed by atoms with Gasteiger partial charge in [0.05, 0.1) is 12.6 Å². The molecule has 0 radical (unpaired) electrons. The molecular weight excluding hydrogens is 307 g/mol. The zero-order valence-electron chi connectivity index (χ0n) is 13.7. The summed E-state index contributed by atoms with van der Waals surface area (Å²) in [6.45, 7) is 3.15. The van der Waals surface area contributed by atoms with E-state index in [1.165, 1.54) is 6.07 Å². The topological polar surface area (TPSA) is 41.6 Å². The lowest BCUT2D eigenvalue weighted by Crippen LogP contribution is -2.34. The van der Waals surface area contributed by atoms with Crippen molar-refractivity contribution in [3.05, 3.63) is 59.9 Å². The van der Waals surface area contributed by atoms with Crippen molar-refractivity contribution in [3.63, 3.8) is 0 Å². The molecule has 0 aromatic heterocycles. The van der Waals surface area contributed by atoms with E-state index in [4.69, 9.17) is 4.74 Å². The number of hydrogen-bond acceptors (Lipinski definition) is 2. The van der Waals surface area contributed by atoms with Gasteiger partial charge in [-0.15, -0.1) is 0 Å². The molecular formula is C19H21FN2O2. The van der Waals surface area contributed by atoms with Gasteiger partial charge in [-0.1, -0.05) is 18.2 Å². The zero-order valence-corrected chi connectivity index (χ0v) is 13.7. The minimum absolute atomic E-state index is 0.204. The number of ether oxygens (including phenoxy) is 1. The van der Waals surface area contributed by atoms with Gasteiger partial charge in [-0.2, -0.15) is 0 Å². The molecule has 1 aliphatic heterocycles. The number of amides is 2. The molecule has 0 bridgehead atoms. The number of carbonyl (C=O) groups is 1. The quantitative estimate of drug-likeness (QED) is 0.891. The van der Waals surface area contributed by atoms with Crippen molar-refractivity contribution in [2.75, 3.05) is 18.5 Å². The van der Waals surface area contributed by atoms with Gasteiger partial charge in [-0.05, 0) is 50.1 Å². The lowest BCUT2D eigenvalue weighted by atomic mass is 10.0. The smallest absolute Gasteiger partial charge is 0.322 e. The van der Waals surface area contributed by atoms with Gasteiger partial charge in [0.2, 0.25) is 0 Å². The molecule has 0 saturated carbocycles. The summed E-state index contributed by atoms with van der Waals surface area (Å²) in [7, 11) is 0. The fourth-order valence-electron chi connectivity index (χ4n) is 3.07. The molecule has 1 unspecified atom stereocenters.